The summed E-state index contributed by atoms with van der Waals surface area (Å²) in [4.78, 5) is 0. The van der Waals surface area contributed by atoms with Gasteiger partial charge in [-0.3, -0.25) is 0 Å². The molecule has 0 amide bonds. The maximum atomic E-state index is 2.37. The maximum absolute atomic E-state index is 2.37. The van der Waals surface area contributed by atoms with Crippen LogP contribution in [0.4, 0.5) is 0 Å². The van der Waals surface area contributed by atoms with Crippen LogP contribution in [0.25, 0.3) is 0 Å². The van der Waals surface area contributed by atoms with E-state index in [1.165, 1.54) is 75.5 Å². The minimum absolute atomic E-state index is 0.611. The van der Waals surface area contributed by atoms with Gasteiger partial charge in [-0.25, -0.2) is 0 Å². The molecular weight excluding hydrogens is 511 g/mol. The van der Waals surface area contributed by atoms with E-state index >= 15 is 0 Å². The van der Waals surface area contributed by atoms with Crippen molar-refractivity contribution in [2.45, 2.75) is 175 Å². The smallest absolute Gasteiger partial charge is 0.0524 e. The summed E-state index contributed by atoms with van der Waals surface area (Å²) < 4.78 is 6.80. The summed E-state index contributed by atoms with van der Waals surface area (Å²) in [6, 6.07) is 5.93. The van der Waals surface area contributed by atoms with Crippen molar-refractivity contribution in [2.24, 2.45) is 0 Å². The molecule has 0 saturated heterocycles. The molecule has 0 aliphatic heterocycles. The average molecular weight is 580 g/mol. The third-order valence-corrected chi connectivity index (χ3v) is 29.4. The molecule has 0 N–H and O–H groups in total. The van der Waals surface area contributed by atoms with Crippen molar-refractivity contribution in [1.82, 2.24) is 0 Å². The second-order valence-corrected chi connectivity index (χ2v) is 37.9. The topological polar surface area (TPSA) is 0 Å². The molecule has 0 aromatic heterocycles. The van der Waals surface area contributed by atoms with E-state index in [0.29, 0.717) is 0 Å². The van der Waals surface area contributed by atoms with E-state index in [-0.39, 0.29) is 0 Å². The zero-order chi connectivity index (χ0) is 24.8. The Balaban J connectivity index is -0.000000465. The molecule has 0 aromatic carbocycles. The minimum Gasteiger partial charge on any atom is -0.0697 e. The van der Waals surface area contributed by atoms with Gasteiger partial charge in [-0.15, -0.1) is 0 Å². The average Bonchev–Trinajstić information content (AvgIpc) is 2.74. The van der Waals surface area contributed by atoms with Crippen LogP contribution in [0.15, 0.2) is 0 Å². The van der Waals surface area contributed by atoms with E-state index in [2.05, 4.69) is 81.6 Å². The molecule has 0 atom stereocenters. The fraction of sp³-hybridized carbons (Fsp3) is 1.00. The Bertz CT molecular complexity index is 284. The zero-order valence-electron chi connectivity index (χ0n) is 24.8. The molecular formula is C28H68Si2Sn. The summed E-state index contributed by atoms with van der Waals surface area (Å²) in [6.07, 6.45) is 11.8. The van der Waals surface area contributed by atoms with Crippen LogP contribution >= 0.6 is 0 Å². The van der Waals surface area contributed by atoms with Gasteiger partial charge < -0.3 is 0 Å². The van der Waals surface area contributed by atoms with Gasteiger partial charge in [0.15, 0.2) is 0 Å². The Morgan fingerprint density at radius 2 is 0.613 bits per heavy atom. The number of hydrogen-bond acceptors (Lipinski definition) is 0. The molecule has 192 valence electrons. The summed E-state index contributed by atoms with van der Waals surface area (Å²) in [5, 5.41) is 0. The summed E-state index contributed by atoms with van der Waals surface area (Å²) >= 11 is -1.69. The first-order valence-corrected chi connectivity index (χ1v) is 29.4. The van der Waals surface area contributed by atoms with Crippen molar-refractivity contribution in [3.8, 4) is 0 Å². The molecule has 0 rings (SSSR count). The summed E-state index contributed by atoms with van der Waals surface area (Å²) in [5.74, 6) is 0. The standard InChI is InChI=1S/C8H20Si.C4H12Si.4C4H9.Sn/c1-5-9(6-2,7-3)8-4;1-5(2,3)4;4*1-3-4-2;/h5-8H2,1-4H3;1-4H3;4*1,3-4H2,2H3;. The first kappa shape index (κ1) is 36.8. The summed E-state index contributed by atoms with van der Waals surface area (Å²) in [7, 11) is -1.30. The molecule has 0 aliphatic carbocycles. The minimum atomic E-state index is -1.69. The van der Waals surface area contributed by atoms with Crippen LogP contribution in [-0.4, -0.2) is 34.5 Å². The normalized spacial score (nSPS) is 12.0. The molecule has 0 nitrogen and oxygen atoms in total. The summed E-state index contributed by atoms with van der Waals surface area (Å²) in [5.41, 5.74) is 0. The monoisotopic (exact) mass is 580 g/mol. The van der Waals surface area contributed by atoms with Crippen LogP contribution in [0, 0.1) is 0 Å². The van der Waals surface area contributed by atoms with Crippen molar-refractivity contribution in [3.05, 3.63) is 0 Å². The van der Waals surface area contributed by atoms with Gasteiger partial charge in [0.2, 0.25) is 0 Å². The number of rotatable bonds is 16. The van der Waals surface area contributed by atoms with Gasteiger partial charge in [-0.05, 0) is 0 Å². The van der Waals surface area contributed by atoms with Gasteiger partial charge in [0.1, 0.15) is 0 Å². The third kappa shape index (κ3) is 24.2. The molecule has 0 saturated carbocycles. The van der Waals surface area contributed by atoms with E-state index in [9.17, 15) is 0 Å². The van der Waals surface area contributed by atoms with Gasteiger partial charge in [0.25, 0.3) is 0 Å². The van der Waals surface area contributed by atoms with Crippen LogP contribution in [0.1, 0.15) is 107 Å². The molecule has 0 aliphatic rings. The number of hydrogen-bond donors (Lipinski definition) is 0. The fourth-order valence-corrected chi connectivity index (χ4v) is 24.3. The van der Waals surface area contributed by atoms with E-state index in [1.807, 2.05) is 0 Å². The van der Waals surface area contributed by atoms with Crippen molar-refractivity contribution in [2.75, 3.05) is 0 Å². The summed E-state index contributed by atoms with van der Waals surface area (Å²) in [6.45, 7) is 28.2. The van der Waals surface area contributed by atoms with Gasteiger partial charge in [-0.1, -0.05) is 78.1 Å². The quantitative estimate of drug-likeness (QED) is 0.160. The molecule has 0 unspecified atom stereocenters. The predicted molar refractivity (Wildman–Crippen MR) is 162 cm³/mol. The van der Waals surface area contributed by atoms with Gasteiger partial charge >= 0.3 is 115 Å². The zero-order valence-corrected chi connectivity index (χ0v) is 29.7. The van der Waals surface area contributed by atoms with Crippen molar-refractivity contribution in [1.29, 1.82) is 0 Å². The third-order valence-electron chi connectivity index (χ3n) is 7.24. The van der Waals surface area contributed by atoms with Crippen LogP contribution < -0.4 is 0 Å². The molecule has 0 bridgehead atoms. The Morgan fingerprint density at radius 3 is 0.710 bits per heavy atom. The van der Waals surface area contributed by atoms with E-state index in [4.69, 9.17) is 0 Å². The Morgan fingerprint density at radius 1 is 0.419 bits per heavy atom. The Hall–Kier alpha value is 1.23. The molecule has 0 heterocycles. The van der Waals surface area contributed by atoms with Crippen molar-refractivity contribution in [3.63, 3.8) is 0 Å². The second kappa shape index (κ2) is 23.0. The molecule has 0 radical (unpaired) electrons. The van der Waals surface area contributed by atoms with Gasteiger partial charge in [-0.2, -0.15) is 0 Å². The SMILES string of the molecule is CCC[CH2][Sn]([CH2]CCC)([CH2]CCC)[CH2]CCC.CC[Si](CC)(CC)CC.C[Si](C)(C)C. The first-order chi connectivity index (χ1) is 14.5. The fourth-order valence-electron chi connectivity index (χ4n) is 4.46. The first-order valence-electron chi connectivity index (χ1n) is 14.5. The largest absolute Gasteiger partial charge is 0.0697 e. The number of unbranched alkanes of at least 4 members (excludes halogenated alkanes) is 4. The second-order valence-electron chi connectivity index (χ2n) is 11.8. The van der Waals surface area contributed by atoms with Crippen LogP contribution in [-0.2, 0) is 0 Å². The van der Waals surface area contributed by atoms with E-state index in [0.717, 1.165) is 0 Å². The predicted octanol–water partition coefficient (Wildman–Crippen LogP) is 12.1. The van der Waals surface area contributed by atoms with Gasteiger partial charge in [0, 0.05) is 8.07 Å². The Labute approximate surface area is 208 Å². The molecule has 0 fully saturated rings. The van der Waals surface area contributed by atoms with Crippen LogP contribution in [0.5, 0.6) is 0 Å². The molecule has 0 spiro atoms. The Kier molecular flexibility index (Phi) is 27.3. The van der Waals surface area contributed by atoms with Crippen LogP contribution in [0.2, 0.25) is 68.1 Å². The molecule has 0 aromatic rings. The van der Waals surface area contributed by atoms with Crippen molar-refractivity contribution < 1.29 is 0 Å². The van der Waals surface area contributed by atoms with E-state index < -0.39 is 34.5 Å². The maximum Gasteiger partial charge on any atom is 0.0524 e. The van der Waals surface area contributed by atoms with Gasteiger partial charge in [0.05, 0.1) is 8.07 Å². The van der Waals surface area contributed by atoms with E-state index in [1.54, 1.807) is 17.7 Å². The van der Waals surface area contributed by atoms with Crippen molar-refractivity contribution >= 4 is 34.5 Å². The van der Waals surface area contributed by atoms with Crippen LogP contribution in [0.3, 0.4) is 0 Å². The molecule has 3 heteroatoms. The molecule has 31 heavy (non-hydrogen) atoms.